The number of hydrogen-bond donors (Lipinski definition) is 3. The minimum Gasteiger partial charge on any atom is -0.364 e. The van der Waals surface area contributed by atoms with E-state index in [1.807, 2.05) is 32.0 Å². The predicted molar refractivity (Wildman–Crippen MR) is 86.2 cm³/mol. The molecule has 1 amide bonds. The van der Waals surface area contributed by atoms with Crippen LogP contribution >= 0.6 is 0 Å². The third-order valence-electron chi connectivity index (χ3n) is 4.07. The Morgan fingerprint density at radius 1 is 1.33 bits per heavy atom. The van der Waals surface area contributed by atoms with Crippen molar-refractivity contribution >= 4 is 11.6 Å². The molecule has 0 bridgehead atoms. The third-order valence-corrected chi connectivity index (χ3v) is 4.07. The summed E-state index contributed by atoms with van der Waals surface area (Å²) >= 11 is 0. The molecule has 8 heteroatoms. The van der Waals surface area contributed by atoms with Crippen molar-refractivity contribution < 1.29 is 9.53 Å². The minimum absolute atomic E-state index is 0.313. The molecule has 0 radical (unpaired) electrons. The first-order valence-electron chi connectivity index (χ1n) is 7.54. The molecule has 8 nitrogen and oxygen atoms in total. The summed E-state index contributed by atoms with van der Waals surface area (Å²) in [5.74, 6) is -0.313. The van der Waals surface area contributed by atoms with Gasteiger partial charge < -0.3 is 10.1 Å². The van der Waals surface area contributed by atoms with E-state index < -0.39 is 5.60 Å². The summed E-state index contributed by atoms with van der Waals surface area (Å²) in [5, 5.41) is 16.8. The van der Waals surface area contributed by atoms with Crippen LogP contribution in [0.25, 0.3) is 11.4 Å². The lowest BCUT2D eigenvalue weighted by molar-refractivity contribution is -0.0114. The lowest BCUT2D eigenvalue weighted by atomic mass is 10.0. The highest BCUT2D eigenvalue weighted by Crippen LogP contribution is 2.36. The zero-order valence-corrected chi connectivity index (χ0v) is 13.3. The standard InChI is InChI=1S/C16H16N6O2/c1-16(2)14-9(8-24-16)12(21-22-14)15(23)19-11-7-18-20-13(11)10-5-3-4-6-17-10/h3-7H,8H2,1-2H3,(H,18,20)(H,19,23)(H,21,22). The highest BCUT2D eigenvalue weighted by atomic mass is 16.5. The highest BCUT2D eigenvalue weighted by Gasteiger charge is 2.37. The summed E-state index contributed by atoms with van der Waals surface area (Å²) in [5.41, 5.74) is 3.40. The number of nitrogens with one attached hydrogen (secondary N) is 3. The number of nitrogens with zero attached hydrogens (tertiary/aromatic N) is 3. The lowest BCUT2D eigenvalue weighted by Crippen LogP contribution is -2.16. The summed E-state index contributed by atoms with van der Waals surface area (Å²) in [7, 11) is 0. The number of aromatic nitrogens is 5. The number of carbonyl (C=O) groups is 1. The maximum Gasteiger partial charge on any atom is 0.276 e. The molecule has 24 heavy (non-hydrogen) atoms. The van der Waals surface area contributed by atoms with E-state index in [0.29, 0.717) is 29.4 Å². The molecule has 4 rings (SSSR count). The minimum atomic E-state index is -0.463. The van der Waals surface area contributed by atoms with Gasteiger partial charge in [-0.1, -0.05) is 6.07 Å². The second-order valence-electron chi connectivity index (χ2n) is 6.05. The van der Waals surface area contributed by atoms with Gasteiger partial charge in [-0.05, 0) is 26.0 Å². The topological polar surface area (TPSA) is 109 Å². The van der Waals surface area contributed by atoms with E-state index in [9.17, 15) is 4.79 Å². The van der Waals surface area contributed by atoms with E-state index >= 15 is 0 Å². The van der Waals surface area contributed by atoms with E-state index in [-0.39, 0.29) is 5.91 Å². The predicted octanol–water partition coefficient (Wildman–Crippen LogP) is 2.21. The van der Waals surface area contributed by atoms with Gasteiger partial charge >= 0.3 is 0 Å². The molecule has 0 saturated carbocycles. The molecular formula is C16H16N6O2. The first kappa shape index (κ1) is 14.6. The zero-order chi connectivity index (χ0) is 16.7. The van der Waals surface area contributed by atoms with Gasteiger partial charge in [0, 0.05) is 11.8 Å². The van der Waals surface area contributed by atoms with Gasteiger partial charge in [-0.2, -0.15) is 10.2 Å². The van der Waals surface area contributed by atoms with Crippen molar-refractivity contribution in [3.05, 3.63) is 47.5 Å². The van der Waals surface area contributed by atoms with Crippen LogP contribution in [-0.2, 0) is 16.9 Å². The molecule has 0 aliphatic carbocycles. The quantitative estimate of drug-likeness (QED) is 0.684. The molecule has 3 aromatic rings. The van der Waals surface area contributed by atoms with Crippen molar-refractivity contribution in [2.45, 2.75) is 26.1 Å². The second kappa shape index (κ2) is 5.27. The Balaban J connectivity index is 1.62. The molecule has 1 aliphatic heterocycles. The first-order chi connectivity index (χ1) is 11.6. The van der Waals surface area contributed by atoms with Crippen molar-refractivity contribution in [1.29, 1.82) is 0 Å². The molecule has 0 spiro atoms. The van der Waals surface area contributed by atoms with E-state index in [1.165, 1.54) is 0 Å². The van der Waals surface area contributed by atoms with Gasteiger partial charge in [0.05, 0.1) is 29.9 Å². The van der Waals surface area contributed by atoms with Gasteiger partial charge in [-0.25, -0.2) is 0 Å². The van der Waals surface area contributed by atoms with Crippen LogP contribution in [0.3, 0.4) is 0 Å². The number of hydrogen-bond acceptors (Lipinski definition) is 5. The SMILES string of the molecule is CC1(C)OCc2c(C(=O)Nc3cn[nH]c3-c3ccccn3)n[nH]c21. The van der Waals surface area contributed by atoms with Crippen LogP contribution in [0.15, 0.2) is 30.6 Å². The maximum absolute atomic E-state index is 12.6. The summed E-state index contributed by atoms with van der Waals surface area (Å²) in [6.07, 6.45) is 3.23. The molecule has 3 N–H and O–H groups in total. The lowest BCUT2D eigenvalue weighted by Gasteiger charge is -2.15. The van der Waals surface area contributed by atoms with Gasteiger partial charge in [-0.15, -0.1) is 0 Å². The molecule has 0 atom stereocenters. The molecule has 3 aromatic heterocycles. The number of H-pyrrole nitrogens is 2. The maximum atomic E-state index is 12.6. The van der Waals surface area contributed by atoms with Crippen LogP contribution in [-0.4, -0.2) is 31.3 Å². The van der Waals surface area contributed by atoms with Crippen molar-refractivity contribution in [1.82, 2.24) is 25.4 Å². The fourth-order valence-electron chi connectivity index (χ4n) is 2.78. The normalized spacial score (nSPS) is 15.2. The zero-order valence-electron chi connectivity index (χ0n) is 13.3. The number of carbonyl (C=O) groups excluding carboxylic acids is 1. The average Bonchev–Trinajstić information content (AvgIpc) is 3.26. The van der Waals surface area contributed by atoms with E-state index in [2.05, 4.69) is 30.7 Å². The Labute approximate surface area is 137 Å². The van der Waals surface area contributed by atoms with Gasteiger partial charge in [-0.3, -0.25) is 20.0 Å². The smallest absolute Gasteiger partial charge is 0.276 e. The number of aromatic amines is 2. The highest BCUT2D eigenvalue weighted by molar-refractivity contribution is 6.05. The second-order valence-corrected chi connectivity index (χ2v) is 6.05. The number of fused-ring (bicyclic) bond motifs is 1. The van der Waals surface area contributed by atoms with Crippen molar-refractivity contribution in [2.75, 3.05) is 5.32 Å². The van der Waals surface area contributed by atoms with Crippen molar-refractivity contribution in [3.8, 4) is 11.4 Å². The number of pyridine rings is 1. The number of anilines is 1. The Morgan fingerprint density at radius 2 is 2.21 bits per heavy atom. The summed E-state index contributed by atoms with van der Waals surface area (Å²) in [6.45, 7) is 4.24. The van der Waals surface area contributed by atoms with E-state index in [4.69, 9.17) is 4.74 Å². The summed E-state index contributed by atoms with van der Waals surface area (Å²) in [6, 6.07) is 5.54. The summed E-state index contributed by atoms with van der Waals surface area (Å²) < 4.78 is 5.69. The Morgan fingerprint density at radius 3 is 3.00 bits per heavy atom. The van der Waals surface area contributed by atoms with Gasteiger partial charge in [0.15, 0.2) is 5.69 Å². The largest absolute Gasteiger partial charge is 0.364 e. The molecule has 4 heterocycles. The molecular weight excluding hydrogens is 308 g/mol. The molecule has 122 valence electrons. The first-order valence-corrected chi connectivity index (χ1v) is 7.54. The molecule has 0 saturated heterocycles. The molecule has 0 unspecified atom stereocenters. The van der Waals surface area contributed by atoms with Crippen molar-refractivity contribution in [3.63, 3.8) is 0 Å². The fourth-order valence-corrected chi connectivity index (χ4v) is 2.78. The average molecular weight is 324 g/mol. The van der Waals surface area contributed by atoms with Gasteiger partial charge in [0.2, 0.25) is 0 Å². The van der Waals surface area contributed by atoms with Gasteiger partial charge in [0.1, 0.15) is 11.3 Å². The Hall–Kier alpha value is -3.00. The fraction of sp³-hybridized carbons (Fsp3) is 0.250. The number of rotatable bonds is 3. The van der Waals surface area contributed by atoms with Crippen LogP contribution in [0.4, 0.5) is 5.69 Å². The number of ether oxygens (including phenoxy) is 1. The van der Waals surface area contributed by atoms with Crippen LogP contribution in [0.5, 0.6) is 0 Å². The van der Waals surface area contributed by atoms with Crippen molar-refractivity contribution in [2.24, 2.45) is 0 Å². The van der Waals surface area contributed by atoms with E-state index in [0.717, 1.165) is 11.3 Å². The Bertz CT molecular complexity index is 896. The van der Waals surface area contributed by atoms with Gasteiger partial charge in [0.25, 0.3) is 5.91 Å². The molecule has 0 aromatic carbocycles. The molecule has 1 aliphatic rings. The molecule has 0 fully saturated rings. The van der Waals surface area contributed by atoms with Crippen LogP contribution in [0, 0.1) is 0 Å². The summed E-state index contributed by atoms with van der Waals surface area (Å²) in [4.78, 5) is 16.9. The van der Waals surface area contributed by atoms with Crippen LogP contribution < -0.4 is 5.32 Å². The monoisotopic (exact) mass is 324 g/mol. The Kier molecular flexibility index (Phi) is 3.20. The number of amides is 1. The van der Waals surface area contributed by atoms with Crippen LogP contribution in [0.2, 0.25) is 0 Å². The van der Waals surface area contributed by atoms with E-state index in [1.54, 1.807) is 12.4 Å². The van der Waals surface area contributed by atoms with Crippen LogP contribution in [0.1, 0.15) is 35.6 Å². The third kappa shape index (κ3) is 2.28.